The highest BCUT2D eigenvalue weighted by Crippen LogP contribution is 2.55. The second-order valence-corrected chi connectivity index (χ2v) is 25.0. The van der Waals surface area contributed by atoms with Crippen molar-refractivity contribution in [1.29, 1.82) is 0 Å². The quantitative estimate of drug-likeness (QED) is 0.125. The summed E-state index contributed by atoms with van der Waals surface area (Å²) in [4.78, 5) is 74.9. The van der Waals surface area contributed by atoms with Gasteiger partial charge in [-0.3, -0.25) is 43.6 Å². The number of allylic oxidation sites excluding steroid dienone is 2. The van der Waals surface area contributed by atoms with Crippen LogP contribution in [0.15, 0.2) is 286 Å². The minimum Gasteiger partial charge on any atom is -0.307 e. The Hall–Kier alpha value is -14.2. The summed E-state index contributed by atoms with van der Waals surface area (Å²) in [5.41, 5.74) is 17.7. The van der Waals surface area contributed by atoms with E-state index in [4.69, 9.17) is 64.8 Å². The first-order chi connectivity index (χ1) is 50.1. The van der Waals surface area contributed by atoms with E-state index in [-0.39, 0.29) is 12.0 Å². The zero-order chi connectivity index (χ0) is 66.2. The highest BCUT2D eigenvalue weighted by Gasteiger charge is 2.43. The number of fused-ring (bicyclic) bond motifs is 16. The lowest BCUT2D eigenvalue weighted by atomic mass is 9.89. The fraction of sp³-hybridized carbons (Fsp3) is 0.0244. The van der Waals surface area contributed by atoms with Gasteiger partial charge in [0.1, 0.15) is 11.3 Å². The van der Waals surface area contributed by atoms with Gasteiger partial charge < -0.3 is 9.47 Å². The molecule has 0 spiro atoms. The van der Waals surface area contributed by atoms with Crippen molar-refractivity contribution in [2.24, 2.45) is 0 Å². The second kappa shape index (κ2) is 22.2. The van der Waals surface area contributed by atoms with E-state index in [0.29, 0.717) is 52.4 Å². The van der Waals surface area contributed by atoms with Gasteiger partial charge in [0, 0.05) is 121 Å². The van der Waals surface area contributed by atoms with E-state index in [1.165, 1.54) is 0 Å². The van der Waals surface area contributed by atoms with Crippen molar-refractivity contribution in [3.8, 4) is 80.1 Å². The number of para-hydroxylation sites is 2. The van der Waals surface area contributed by atoms with Gasteiger partial charge in [-0.05, 0) is 127 Å². The molecule has 0 fully saturated rings. The number of pyridine rings is 8. The first-order valence-electron chi connectivity index (χ1n) is 33.1. The fourth-order valence-corrected chi connectivity index (χ4v) is 15.2. The molecule has 2 aliphatic rings. The van der Waals surface area contributed by atoms with Crippen molar-refractivity contribution in [3.05, 3.63) is 292 Å². The van der Waals surface area contributed by atoms with E-state index in [1.54, 1.807) is 31.0 Å². The van der Waals surface area contributed by atoms with E-state index in [9.17, 15) is 0 Å². The molecule has 19 aromatic rings. The summed E-state index contributed by atoms with van der Waals surface area (Å²) < 4.78 is 8.39. The minimum atomic E-state index is -0.281. The summed E-state index contributed by atoms with van der Waals surface area (Å²) in [5, 5.41) is 5.47. The Morgan fingerprint density at radius 3 is 1.63 bits per heavy atom. The van der Waals surface area contributed by atoms with Crippen LogP contribution < -0.4 is 4.90 Å². The van der Waals surface area contributed by atoms with Crippen molar-refractivity contribution in [2.45, 2.75) is 12.0 Å². The van der Waals surface area contributed by atoms with Crippen molar-refractivity contribution >= 4 is 99.4 Å². The average Bonchev–Trinajstić information content (AvgIpc) is 1.54. The predicted molar refractivity (Wildman–Crippen MR) is 393 cm³/mol. The van der Waals surface area contributed by atoms with Crippen molar-refractivity contribution in [2.75, 3.05) is 4.90 Å². The molecule has 0 radical (unpaired) electrons. The molecule has 5 aromatic carbocycles. The third-order valence-corrected chi connectivity index (χ3v) is 19.5. The summed E-state index contributed by atoms with van der Waals surface area (Å²) in [6, 6.07) is 69.7. The molecule has 0 saturated carbocycles. The molecule has 14 aromatic heterocycles. The van der Waals surface area contributed by atoms with Crippen LogP contribution in [-0.4, -0.2) is 94.1 Å². The topological polar surface area (TPSA) is 203 Å². The number of nitrogens with zero attached hydrogens (tertiary/aromatic N) is 19. The largest absolute Gasteiger partial charge is 0.307 e. The van der Waals surface area contributed by atoms with Crippen LogP contribution in [-0.2, 0) is 0 Å². The molecule has 15 heterocycles. The lowest BCUT2D eigenvalue weighted by Crippen LogP contribution is -2.30. The summed E-state index contributed by atoms with van der Waals surface area (Å²) in [5.74, 6) is 2.28. The number of aromatic nitrogens is 18. The maximum Gasteiger partial charge on any atom is 0.242 e. The van der Waals surface area contributed by atoms with Crippen LogP contribution in [0.2, 0.25) is 0 Å². The molecule has 1 aliphatic heterocycles. The monoisotopic (exact) mass is 1300 g/mol. The molecule has 19 nitrogen and oxygen atoms in total. The zero-order valence-corrected chi connectivity index (χ0v) is 53.3. The van der Waals surface area contributed by atoms with Crippen LogP contribution in [0.5, 0.6) is 0 Å². The van der Waals surface area contributed by atoms with Crippen molar-refractivity contribution in [1.82, 2.24) is 88.0 Å². The Kier molecular flexibility index (Phi) is 12.3. The number of hydrogen-bond donors (Lipinski definition) is 0. The first-order valence-corrected chi connectivity index (χ1v) is 33.1. The molecule has 1 aliphatic carbocycles. The van der Waals surface area contributed by atoms with E-state index in [0.717, 1.165) is 133 Å². The van der Waals surface area contributed by atoms with Crippen LogP contribution in [0.3, 0.4) is 0 Å². The maximum absolute atomic E-state index is 5.61. The lowest BCUT2D eigenvalue weighted by molar-refractivity contribution is 0.728. The SMILES string of the molecule is C1=CC2c3cc(-c4cc5c(cn4)c4cccnc4n5-c4nc(-n5c6cnccc6c6ncccc65)nc(-n5c6cccnc6c6cccnc65)n4)c4c5ccccc5n(-c5ccccc5)c4c3N(c3nc(-c4cccc(-c5ccccn5)c4)nc(-c4cccc(-c5ccccn5)c4)n3)C2C=C1. The molecule has 21 rings (SSSR count). The molecular weight excluding hydrogens is 1250 g/mol. The molecule has 2 unspecified atom stereocenters. The normalized spacial score (nSPS) is 14.2. The van der Waals surface area contributed by atoms with Crippen LogP contribution in [0.25, 0.3) is 168 Å². The van der Waals surface area contributed by atoms with E-state index >= 15 is 0 Å². The highest BCUT2D eigenvalue weighted by molar-refractivity contribution is 6.21. The molecule has 19 heteroatoms. The number of rotatable bonds is 10. The Morgan fingerprint density at radius 1 is 0.327 bits per heavy atom. The van der Waals surface area contributed by atoms with Crippen molar-refractivity contribution < 1.29 is 0 Å². The number of hydrogen-bond acceptors (Lipinski definition) is 15. The first kappa shape index (κ1) is 56.0. The Balaban J connectivity index is 0.830. The van der Waals surface area contributed by atoms with Gasteiger partial charge in [-0.2, -0.15) is 24.9 Å². The van der Waals surface area contributed by atoms with Gasteiger partial charge in [0.2, 0.25) is 23.8 Å². The summed E-state index contributed by atoms with van der Waals surface area (Å²) >= 11 is 0. The molecule has 0 N–H and O–H groups in total. The molecule has 472 valence electrons. The highest BCUT2D eigenvalue weighted by atomic mass is 15.3. The number of benzene rings is 5. The van der Waals surface area contributed by atoms with E-state index in [1.807, 2.05) is 136 Å². The van der Waals surface area contributed by atoms with Crippen LogP contribution in [0.1, 0.15) is 11.5 Å². The lowest BCUT2D eigenvalue weighted by Gasteiger charge is -2.28. The van der Waals surface area contributed by atoms with Gasteiger partial charge in [-0.25, -0.2) is 15.0 Å². The van der Waals surface area contributed by atoms with E-state index < -0.39 is 0 Å². The van der Waals surface area contributed by atoms with Gasteiger partial charge in [-0.15, -0.1) is 0 Å². The zero-order valence-electron chi connectivity index (χ0n) is 53.3. The average molecular weight is 1300 g/mol. The maximum atomic E-state index is 5.61. The molecule has 0 saturated heterocycles. The Labute approximate surface area is 573 Å². The molecule has 0 amide bonds. The predicted octanol–water partition coefficient (Wildman–Crippen LogP) is 16.7. The van der Waals surface area contributed by atoms with Crippen LogP contribution in [0.4, 0.5) is 11.6 Å². The fourth-order valence-electron chi connectivity index (χ4n) is 15.2. The second-order valence-electron chi connectivity index (χ2n) is 25.0. The summed E-state index contributed by atoms with van der Waals surface area (Å²) in [6.07, 6.45) is 25.2. The van der Waals surface area contributed by atoms with Gasteiger partial charge >= 0.3 is 0 Å². The van der Waals surface area contributed by atoms with Gasteiger partial charge in [0.05, 0.1) is 79.1 Å². The summed E-state index contributed by atoms with van der Waals surface area (Å²) in [6.45, 7) is 0. The third kappa shape index (κ3) is 8.66. The van der Waals surface area contributed by atoms with Crippen molar-refractivity contribution in [3.63, 3.8) is 0 Å². The Morgan fingerprint density at radius 2 is 0.911 bits per heavy atom. The van der Waals surface area contributed by atoms with Gasteiger partial charge in [0.15, 0.2) is 11.6 Å². The smallest absolute Gasteiger partial charge is 0.242 e. The molecule has 0 bridgehead atoms. The summed E-state index contributed by atoms with van der Waals surface area (Å²) in [7, 11) is 0. The van der Waals surface area contributed by atoms with Crippen LogP contribution >= 0.6 is 0 Å². The third-order valence-electron chi connectivity index (χ3n) is 19.5. The van der Waals surface area contributed by atoms with Gasteiger partial charge in [0.25, 0.3) is 0 Å². The standard InChI is InChI=1S/C82H49N19/c1-2-22-52(23-3-1)97-65-31-7-5-25-55(65)70-59(44-58-53-24-4-6-30-64(53)99(73(58)74(70)97)79-92-75(50-20-12-18-48(42-50)61-28-8-10-35-84-61)91-76(93-79)51-21-13-19-49(43-51)62-29-9-11-36-85-62)63-45-68-60(46-90-63)54-26-14-39-88-77(54)101(68)82-95-80(98-66-32-16-37-86-71(66)56-34-41-83-47-69(56)98)94-81(96-82)100-67-33-17-38-87-72(67)57-27-15-40-89-78(57)100/h1-47,53,64H. The van der Waals surface area contributed by atoms with Gasteiger partial charge in [-0.1, -0.05) is 109 Å². The minimum absolute atomic E-state index is 0.178. The van der Waals surface area contributed by atoms with E-state index in [2.05, 4.69) is 148 Å². The molecule has 101 heavy (non-hydrogen) atoms. The molecular formula is C82H49N19. The van der Waals surface area contributed by atoms with Crippen LogP contribution in [0, 0.1) is 0 Å². The Bertz CT molecular complexity index is 6360. The number of anilines is 2. The molecule has 2 atom stereocenters.